The smallest absolute Gasteiger partial charge is 0.245 e. The van der Waals surface area contributed by atoms with Crippen molar-refractivity contribution in [1.82, 2.24) is 24.8 Å². The molecule has 1 atom stereocenters. The second kappa shape index (κ2) is 4.62. The van der Waals surface area contributed by atoms with Crippen molar-refractivity contribution < 1.29 is 0 Å². The Labute approximate surface area is 109 Å². The van der Waals surface area contributed by atoms with Gasteiger partial charge in [-0.05, 0) is 24.4 Å². The predicted octanol–water partition coefficient (Wildman–Crippen LogP) is 0.423. The van der Waals surface area contributed by atoms with Crippen LogP contribution in [0.25, 0.3) is 10.7 Å². The van der Waals surface area contributed by atoms with Gasteiger partial charge in [-0.1, -0.05) is 11.4 Å². The lowest BCUT2D eigenvalue weighted by Gasteiger charge is -2.11. The summed E-state index contributed by atoms with van der Waals surface area (Å²) in [7, 11) is 0. The average Bonchev–Trinajstić information content (AvgIpc) is 3.07. The molecule has 7 nitrogen and oxygen atoms in total. The fraction of sp³-hybridized carbons (Fsp3) is 0.600. The SMILES string of the molecule is CCc1nnsc1-c1nc(N2CCC(N)C2)n[nH]1. The Bertz CT molecular complexity index is 534. The van der Waals surface area contributed by atoms with Gasteiger partial charge in [-0.15, -0.1) is 10.2 Å². The van der Waals surface area contributed by atoms with Crippen molar-refractivity contribution in [3.63, 3.8) is 0 Å². The van der Waals surface area contributed by atoms with Crippen molar-refractivity contribution in [2.24, 2.45) is 5.73 Å². The second-order valence-electron chi connectivity index (χ2n) is 4.38. The summed E-state index contributed by atoms with van der Waals surface area (Å²) in [5, 5.41) is 11.3. The quantitative estimate of drug-likeness (QED) is 0.835. The lowest BCUT2D eigenvalue weighted by Crippen LogP contribution is -2.26. The van der Waals surface area contributed by atoms with Gasteiger partial charge in [0, 0.05) is 19.1 Å². The lowest BCUT2D eigenvalue weighted by molar-refractivity contribution is 0.750. The van der Waals surface area contributed by atoms with E-state index in [1.807, 2.05) is 0 Å². The number of rotatable bonds is 3. The van der Waals surface area contributed by atoms with E-state index in [1.54, 1.807) is 0 Å². The summed E-state index contributed by atoms with van der Waals surface area (Å²) >= 11 is 1.35. The Hall–Kier alpha value is -1.54. The van der Waals surface area contributed by atoms with E-state index in [0.717, 1.165) is 42.3 Å². The van der Waals surface area contributed by atoms with E-state index in [-0.39, 0.29) is 6.04 Å². The van der Waals surface area contributed by atoms with Gasteiger partial charge in [-0.25, -0.2) is 0 Å². The molecule has 3 rings (SSSR count). The molecule has 2 aromatic heterocycles. The second-order valence-corrected chi connectivity index (χ2v) is 5.14. The maximum Gasteiger partial charge on any atom is 0.245 e. The third-order valence-corrected chi connectivity index (χ3v) is 3.86. The number of nitrogens with one attached hydrogen (secondary N) is 1. The first-order valence-electron chi connectivity index (χ1n) is 6.02. The molecule has 0 aliphatic carbocycles. The van der Waals surface area contributed by atoms with Crippen molar-refractivity contribution in [3.8, 4) is 10.7 Å². The summed E-state index contributed by atoms with van der Waals surface area (Å²) in [6.07, 6.45) is 1.84. The van der Waals surface area contributed by atoms with Crippen LogP contribution >= 0.6 is 11.5 Å². The molecular weight excluding hydrogens is 250 g/mol. The number of nitrogens with zero attached hydrogens (tertiary/aromatic N) is 5. The van der Waals surface area contributed by atoms with Crippen LogP contribution in [0.2, 0.25) is 0 Å². The number of H-pyrrole nitrogens is 1. The van der Waals surface area contributed by atoms with Crippen LogP contribution in [0.15, 0.2) is 0 Å². The molecule has 3 heterocycles. The number of nitrogens with two attached hydrogens (primary N) is 1. The number of aromatic nitrogens is 5. The van der Waals surface area contributed by atoms with Crippen LogP contribution in [0.4, 0.5) is 5.95 Å². The highest BCUT2D eigenvalue weighted by molar-refractivity contribution is 7.09. The topological polar surface area (TPSA) is 96.6 Å². The molecule has 1 aliphatic rings. The minimum atomic E-state index is 0.225. The Balaban J connectivity index is 1.85. The molecule has 0 radical (unpaired) electrons. The summed E-state index contributed by atoms with van der Waals surface area (Å²) in [4.78, 5) is 7.59. The van der Waals surface area contributed by atoms with E-state index in [1.165, 1.54) is 11.5 Å². The Morgan fingerprint density at radius 3 is 3.17 bits per heavy atom. The maximum atomic E-state index is 5.88. The van der Waals surface area contributed by atoms with Gasteiger partial charge in [0.2, 0.25) is 5.95 Å². The van der Waals surface area contributed by atoms with Crippen LogP contribution in [-0.2, 0) is 6.42 Å². The minimum Gasteiger partial charge on any atom is -0.338 e. The van der Waals surface area contributed by atoms with Crippen LogP contribution in [0.3, 0.4) is 0 Å². The van der Waals surface area contributed by atoms with Gasteiger partial charge in [0.25, 0.3) is 0 Å². The van der Waals surface area contributed by atoms with Crippen molar-refractivity contribution in [1.29, 1.82) is 0 Å². The zero-order valence-corrected chi connectivity index (χ0v) is 10.9. The highest BCUT2D eigenvalue weighted by Crippen LogP contribution is 2.25. The van der Waals surface area contributed by atoms with Crippen molar-refractivity contribution in [3.05, 3.63) is 5.69 Å². The number of aryl methyl sites for hydroxylation is 1. The molecule has 0 amide bonds. The zero-order valence-electron chi connectivity index (χ0n) is 10.1. The summed E-state index contributed by atoms with van der Waals surface area (Å²) in [6.45, 7) is 3.79. The molecule has 1 aliphatic heterocycles. The van der Waals surface area contributed by atoms with Crippen molar-refractivity contribution >= 4 is 17.5 Å². The van der Waals surface area contributed by atoms with E-state index in [2.05, 4.69) is 36.6 Å². The van der Waals surface area contributed by atoms with Crippen LogP contribution in [0.1, 0.15) is 19.0 Å². The Morgan fingerprint density at radius 2 is 2.44 bits per heavy atom. The number of hydrogen-bond donors (Lipinski definition) is 2. The molecule has 0 bridgehead atoms. The third-order valence-electron chi connectivity index (χ3n) is 3.09. The Kier molecular flexibility index (Phi) is 2.96. The Morgan fingerprint density at radius 1 is 1.56 bits per heavy atom. The molecule has 1 unspecified atom stereocenters. The van der Waals surface area contributed by atoms with E-state index < -0.39 is 0 Å². The first kappa shape index (κ1) is 11.5. The van der Waals surface area contributed by atoms with Crippen LogP contribution in [0.5, 0.6) is 0 Å². The molecule has 1 saturated heterocycles. The van der Waals surface area contributed by atoms with Gasteiger partial charge >= 0.3 is 0 Å². The first-order chi connectivity index (χ1) is 8.78. The maximum absolute atomic E-state index is 5.88. The van der Waals surface area contributed by atoms with Gasteiger partial charge in [-0.3, -0.25) is 5.10 Å². The van der Waals surface area contributed by atoms with Gasteiger partial charge in [0.15, 0.2) is 5.82 Å². The van der Waals surface area contributed by atoms with Crippen LogP contribution in [-0.4, -0.2) is 43.9 Å². The minimum absolute atomic E-state index is 0.225. The van der Waals surface area contributed by atoms with Crippen molar-refractivity contribution in [2.75, 3.05) is 18.0 Å². The molecular formula is C10H15N7S. The van der Waals surface area contributed by atoms with Crippen molar-refractivity contribution in [2.45, 2.75) is 25.8 Å². The first-order valence-corrected chi connectivity index (χ1v) is 6.79. The highest BCUT2D eigenvalue weighted by atomic mass is 32.1. The summed E-state index contributed by atoms with van der Waals surface area (Å²) in [5.74, 6) is 1.46. The number of aromatic amines is 1. The molecule has 0 saturated carbocycles. The fourth-order valence-electron chi connectivity index (χ4n) is 2.08. The molecule has 96 valence electrons. The van der Waals surface area contributed by atoms with E-state index in [9.17, 15) is 0 Å². The summed E-state index contributed by atoms with van der Waals surface area (Å²) < 4.78 is 3.96. The number of anilines is 1. The lowest BCUT2D eigenvalue weighted by atomic mass is 10.3. The molecule has 3 N–H and O–H groups in total. The van der Waals surface area contributed by atoms with Gasteiger partial charge < -0.3 is 10.6 Å². The molecule has 1 fully saturated rings. The summed E-state index contributed by atoms with van der Waals surface area (Å²) in [5.41, 5.74) is 6.84. The fourth-order valence-corrected chi connectivity index (χ4v) is 2.77. The molecule has 0 spiro atoms. The average molecular weight is 265 g/mol. The molecule has 2 aromatic rings. The van der Waals surface area contributed by atoms with Gasteiger partial charge in [-0.2, -0.15) is 4.98 Å². The highest BCUT2D eigenvalue weighted by Gasteiger charge is 2.23. The molecule has 0 aromatic carbocycles. The zero-order chi connectivity index (χ0) is 12.5. The summed E-state index contributed by atoms with van der Waals surface area (Å²) in [6, 6.07) is 0.225. The van der Waals surface area contributed by atoms with Gasteiger partial charge in [0.05, 0.1) is 5.69 Å². The normalized spacial score (nSPS) is 19.7. The standard InChI is InChI=1S/C10H15N7S/c1-2-7-8(18-16-13-7)9-12-10(15-14-9)17-4-3-6(11)5-17/h6H,2-5,11H2,1H3,(H,12,14,15). The van der Waals surface area contributed by atoms with Crippen LogP contribution in [0, 0.1) is 0 Å². The van der Waals surface area contributed by atoms with Gasteiger partial charge in [0.1, 0.15) is 4.88 Å². The third kappa shape index (κ3) is 1.97. The predicted molar refractivity (Wildman–Crippen MR) is 69.5 cm³/mol. The largest absolute Gasteiger partial charge is 0.338 e. The monoisotopic (exact) mass is 265 g/mol. The van der Waals surface area contributed by atoms with E-state index in [4.69, 9.17) is 5.73 Å². The molecule has 18 heavy (non-hydrogen) atoms. The van der Waals surface area contributed by atoms with E-state index in [0.29, 0.717) is 5.95 Å². The van der Waals surface area contributed by atoms with E-state index >= 15 is 0 Å². The molecule has 8 heteroatoms. The number of hydrogen-bond acceptors (Lipinski definition) is 7. The van der Waals surface area contributed by atoms with Crippen LogP contribution < -0.4 is 10.6 Å².